The molecule has 2 nitrogen and oxygen atoms in total. The van der Waals surface area contributed by atoms with Gasteiger partial charge in [-0.1, -0.05) is 36.5 Å². The maximum Gasteiger partial charge on any atom is 0.0636 e. The molecule has 0 fully saturated rings. The van der Waals surface area contributed by atoms with E-state index in [1.54, 1.807) is 12.3 Å². The molecule has 0 amide bonds. The van der Waals surface area contributed by atoms with Crippen LogP contribution in [0, 0.1) is 0 Å². The number of rotatable bonds is 4. The summed E-state index contributed by atoms with van der Waals surface area (Å²) in [4.78, 5) is 4.16. The van der Waals surface area contributed by atoms with Gasteiger partial charge < -0.3 is 5.73 Å². The van der Waals surface area contributed by atoms with Gasteiger partial charge in [0.25, 0.3) is 0 Å². The zero-order valence-corrected chi connectivity index (χ0v) is 9.65. The third-order valence-corrected chi connectivity index (χ3v) is 2.53. The topological polar surface area (TPSA) is 38.9 Å². The second-order valence-electron chi connectivity index (χ2n) is 3.33. The molecule has 1 atom stereocenters. The molecular formula is C10H14Cl2N2. The average molecular weight is 233 g/mol. The summed E-state index contributed by atoms with van der Waals surface area (Å²) in [6.07, 6.45) is 4.37. The molecule has 1 unspecified atom stereocenters. The van der Waals surface area contributed by atoms with Gasteiger partial charge in [0.2, 0.25) is 0 Å². The minimum Gasteiger partial charge on any atom is -0.327 e. The Balaban J connectivity index is 2.67. The SMILES string of the molecule is CCCC(N)Cc1ncc(Cl)cc1Cl. The van der Waals surface area contributed by atoms with Crippen molar-refractivity contribution in [1.82, 2.24) is 4.98 Å². The Morgan fingerprint density at radius 2 is 2.21 bits per heavy atom. The molecule has 0 saturated heterocycles. The van der Waals surface area contributed by atoms with Crippen LogP contribution >= 0.6 is 23.2 Å². The van der Waals surface area contributed by atoms with Crippen LogP contribution in [0.5, 0.6) is 0 Å². The first kappa shape index (κ1) is 11.8. The van der Waals surface area contributed by atoms with Crippen molar-refractivity contribution >= 4 is 23.2 Å². The van der Waals surface area contributed by atoms with E-state index in [0.717, 1.165) is 18.5 Å². The van der Waals surface area contributed by atoms with Crippen LogP contribution in [0.25, 0.3) is 0 Å². The first-order valence-corrected chi connectivity index (χ1v) is 5.44. The third-order valence-electron chi connectivity index (χ3n) is 2.00. The molecule has 0 radical (unpaired) electrons. The van der Waals surface area contributed by atoms with Gasteiger partial charge in [-0.15, -0.1) is 0 Å². The molecule has 78 valence electrons. The maximum atomic E-state index is 5.97. The normalized spacial score (nSPS) is 12.9. The van der Waals surface area contributed by atoms with Gasteiger partial charge in [-0.05, 0) is 12.5 Å². The molecule has 1 rings (SSSR count). The van der Waals surface area contributed by atoms with Crippen LogP contribution in [-0.4, -0.2) is 11.0 Å². The number of nitrogens with two attached hydrogens (primary N) is 1. The molecular weight excluding hydrogens is 219 g/mol. The fourth-order valence-corrected chi connectivity index (χ4v) is 1.77. The van der Waals surface area contributed by atoms with Crippen molar-refractivity contribution in [2.24, 2.45) is 5.73 Å². The molecule has 4 heteroatoms. The highest BCUT2D eigenvalue weighted by Crippen LogP contribution is 2.19. The van der Waals surface area contributed by atoms with Crippen LogP contribution in [0.15, 0.2) is 12.3 Å². The molecule has 1 heterocycles. The Kier molecular flexibility index (Phi) is 4.66. The van der Waals surface area contributed by atoms with Gasteiger partial charge in [0.05, 0.1) is 15.7 Å². The molecule has 0 aliphatic carbocycles. The number of hydrogen-bond donors (Lipinski definition) is 1. The van der Waals surface area contributed by atoms with E-state index in [9.17, 15) is 0 Å². The van der Waals surface area contributed by atoms with Crippen molar-refractivity contribution in [3.63, 3.8) is 0 Å². The average Bonchev–Trinajstić information content (AvgIpc) is 2.10. The fraction of sp³-hybridized carbons (Fsp3) is 0.500. The highest BCUT2D eigenvalue weighted by atomic mass is 35.5. The van der Waals surface area contributed by atoms with Gasteiger partial charge in [0.1, 0.15) is 0 Å². The molecule has 0 saturated carbocycles. The fourth-order valence-electron chi connectivity index (χ4n) is 1.31. The minimum atomic E-state index is 0.131. The second-order valence-corrected chi connectivity index (χ2v) is 4.18. The number of aromatic nitrogens is 1. The molecule has 0 aliphatic rings. The van der Waals surface area contributed by atoms with Gasteiger partial charge in [0.15, 0.2) is 0 Å². The number of nitrogens with zero attached hydrogens (tertiary/aromatic N) is 1. The second kappa shape index (κ2) is 5.54. The van der Waals surface area contributed by atoms with Crippen LogP contribution in [0.4, 0.5) is 0 Å². The summed E-state index contributed by atoms with van der Waals surface area (Å²) in [6.45, 7) is 2.11. The van der Waals surface area contributed by atoms with Crippen LogP contribution in [0.2, 0.25) is 10.0 Å². The van der Waals surface area contributed by atoms with Crippen LogP contribution < -0.4 is 5.73 Å². The lowest BCUT2D eigenvalue weighted by atomic mass is 10.1. The molecule has 1 aromatic heterocycles. The van der Waals surface area contributed by atoms with Crippen LogP contribution in [-0.2, 0) is 6.42 Å². The first-order valence-electron chi connectivity index (χ1n) is 4.69. The number of pyridine rings is 1. The summed E-state index contributed by atoms with van der Waals surface area (Å²) in [5, 5.41) is 1.16. The molecule has 0 spiro atoms. The minimum absolute atomic E-state index is 0.131. The lowest BCUT2D eigenvalue weighted by Gasteiger charge is -2.10. The van der Waals surface area contributed by atoms with E-state index in [1.807, 2.05) is 0 Å². The third kappa shape index (κ3) is 3.45. The quantitative estimate of drug-likeness (QED) is 0.867. The summed E-state index contributed by atoms with van der Waals surface area (Å²) < 4.78 is 0. The summed E-state index contributed by atoms with van der Waals surface area (Å²) in [5.74, 6) is 0. The summed E-state index contributed by atoms with van der Waals surface area (Å²) in [5.41, 5.74) is 6.72. The van der Waals surface area contributed by atoms with Crippen molar-refractivity contribution in [3.05, 3.63) is 28.0 Å². The Morgan fingerprint density at radius 1 is 1.50 bits per heavy atom. The first-order chi connectivity index (χ1) is 6.63. The molecule has 2 N–H and O–H groups in total. The highest BCUT2D eigenvalue weighted by molar-refractivity contribution is 6.34. The van der Waals surface area contributed by atoms with E-state index >= 15 is 0 Å². The summed E-state index contributed by atoms with van der Waals surface area (Å²) in [7, 11) is 0. The predicted octanol–water partition coefficient (Wildman–Crippen LogP) is 3.06. The summed E-state index contributed by atoms with van der Waals surface area (Å²) in [6, 6.07) is 1.83. The van der Waals surface area contributed by atoms with E-state index in [2.05, 4.69) is 11.9 Å². The van der Waals surface area contributed by atoms with Crippen molar-refractivity contribution < 1.29 is 0 Å². The van der Waals surface area contributed by atoms with Gasteiger partial charge in [-0.3, -0.25) is 4.98 Å². The molecule has 1 aromatic rings. The zero-order valence-electron chi connectivity index (χ0n) is 8.13. The van der Waals surface area contributed by atoms with Crippen molar-refractivity contribution in [1.29, 1.82) is 0 Å². The zero-order chi connectivity index (χ0) is 10.6. The lowest BCUT2D eigenvalue weighted by Crippen LogP contribution is -2.23. The van der Waals surface area contributed by atoms with Gasteiger partial charge in [-0.2, -0.15) is 0 Å². The predicted molar refractivity (Wildman–Crippen MR) is 60.8 cm³/mol. The Hall–Kier alpha value is -0.310. The maximum absolute atomic E-state index is 5.97. The Labute approximate surface area is 94.4 Å². The van der Waals surface area contributed by atoms with Crippen LogP contribution in [0.3, 0.4) is 0 Å². The lowest BCUT2D eigenvalue weighted by molar-refractivity contribution is 0.593. The molecule has 0 aromatic carbocycles. The summed E-state index contributed by atoms with van der Waals surface area (Å²) >= 11 is 11.7. The molecule has 0 bridgehead atoms. The van der Waals surface area contributed by atoms with Crippen molar-refractivity contribution in [3.8, 4) is 0 Å². The van der Waals surface area contributed by atoms with E-state index in [1.165, 1.54) is 0 Å². The Morgan fingerprint density at radius 3 is 2.79 bits per heavy atom. The standard InChI is InChI=1S/C10H14Cl2N2/c1-2-3-8(13)5-10-9(12)4-7(11)6-14-10/h4,6,8H,2-3,5,13H2,1H3. The van der Waals surface area contributed by atoms with Crippen molar-refractivity contribution in [2.75, 3.05) is 0 Å². The van der Waals surface area contributed by atoms with E-state index in [-0.39, 0.29) is 6.04 Å². The van der Waals surface area contributed by atoms with Crippen molar-refractivity contribution in [2.45, 2.75) is 32.2 Å². The van der Waals surface area contributed by atoms with Crippen LogP contribution in [0.1, 0.15) is 25.5 Å². The van der Waals surface area contributed by atoms with Gasteiger partial charge in [-0.25, -0.2) is 0 Å². The Bertz CT molecular complexity index is 302. The van der Waals surface area contributed by atoms with E-state index < -0.39 is 0 Å². The largest absolute Gasteiger partial charge is 0.327 e. The van der Waals surface area contributed by atoms with Gasteiger partial charge in [0, 0.05) is 18.7 Å². The van der Waals surface area contributed by atoms with Gasteiger partial charge >= 0.3 is 0 Å². The number of hydrogen-bond acceptors (Lipinski definition) is 2. The van der Waals surface area contributed by atoms with E-state index in [0.29, 0.717) is 16.5 Å². The smallest absolute Gasteiger partial charge is 0.0636 e. The monoisotopic (exact) mass is 232 g/mol. The number of halogens is 2. The highest BCUT2D eigenvalue weighted by Gasteiger charge is 2.08. The molecule has 14 heavy (non-hydrogen) atoms. The van der Waals surface area contributed by atoms with E-state index in [4.69, 9.17) is 28.9 Å². The molecule has 0 aliphatic heterocycles.